The van der Waals surface area contributed by atoms with Crippen LogP contribution in [0, 0.1) is 13.8 Å². The lowest BCUT2D eigenvalue weighted by Gasteiger charge is -2.23. The summed E-state index contributed by atoms with van der Waals surface area (Å²) in [6.07, 6.45) is 2.16. The van der Waals surface area contributed by atoms with Crippen molar-refractivity contribution in [1.29, 1.82) is 0 Å². The first-order valence-electron chi connectivity index (χ1n) is 8.35. The summed E-state index contributed by atoms with van der Waals surface area (Å²) < 4.78 is 5.74. The third kappa shape index (κ3) is 3.44. The highest BCUT2D eigenvalue weighted by atomic mass is 16.5. The summed E-state index contributed by atoms with van der Waals surface area (Å²) in [7, 11) is 0. The molecule has 24 heavy (non-hydrogen) atoms. The molecule has 0 aliphatic heterocycles. The van der Waals surface area contributed by atoms with E-state index in [2.05, 4.69) is 5.32 Å². The highest BCUT2D eigenvalue weighted by Crippen LogP contribution is 2.35. The number of aryl methyl sites for hydroxylation is 2. The first-order chi connectivity index (χ1) is 11.6. The number of carbonyl (C=O) groups excluding carboxylic acids is 1. The number of fused-ring (bicyclic) bond motifs is 1. The first kappa shape index (κ1) is 16.5. The largest absolute Gasteiger partial charge is 0.483 e. The van der Waals surface area contributed by atoms with E-state index in [1.807, 2.05) is 50.2 Å². The molecule has 4 heteroatoms. The Labute approximate surface area is 142 Å². The molecule has 1 atom stereocenters. The van der Waals surface area contributed by atoms with Crippen LogP contribution >= 0.6 is 0 Å². The van der Waals surface area contributed by atoms with Gasteiger partial charge in [0, 0.05) is 5.69 Å². The van der Waals surface area contributed by atoms with Gasteiger partial charge in [-0.2, -0.15) is 0 Å². The van der Waals surface area contributed by atoms with E-state index in [1.165, 1.54) is 0 Å². The molecule has 0 fully saturated rings. The fraction of sp³-hybridized carbons (Fsp3) is 0.350. The van der Waals surface area contributed by atoms with Crippen molar-refractivity contribution in [3.63, 3.8) is 0 Å². The molecule has 4 nitrogen and oxygen atoms in total. The molecule has 126 valence electrons. The van der Waals surface area contributed by atoms with Gasteiger partial charge in [0.1, 0.15) is 5.75 Å². The molecule has 0 saturated heterocycles. The second kappa shape index (κ2) is 7.05. The number of aliphatic hydroxyl groups excluding tert-OH is 1. The van der Waals surface area contributed by atoms with Crippen LogP contribution in [0.4, 0.5) is 5.69 Å². The molecule has 1 aliphatic carbocycles. The predicted octanol–water partition coefficient (Wildman–Crippen LogP) is 3.69. The number of benzene rings is 2. The lowest BCUT2D eigenvalue weighted by Crippen LogP contribution is -2.22. The average Bonchev–Trinajstić information content (AvgIpc) is 2.57. The molecule has 1 unspecified atom stereocenters. The van der Waals surface area contributed by atoms with E-state index in [1.54, 1.807) is 0 Å². The molecule has 2 aromatic carbocycles. The Morgan fingerprint density at radius 3 is 2.67 bits per heavy atom. The fourth-order valence-corrected chi connectivity index (χ4v) is 3.26. The SMILES string of the molecule is Cc1cccc(C)c1NC(=O)COc1cccc2c1CCCC2O. The van der Waals surface area contributed by atoms with E-state index in [-0.39, 0.29) is 12.5 Å². The van der Waals surface area contributed by atoms with Gasteiger partial charge in [-0.05, 0) is 61.4 Å². The van der Waals surface area contributed by atoms with Gasteiger partial charge < -0.3 is 15.2 Å². The van der Waals surface area contributed by atoms with Gasteiger partial charge in [0.15, 0.2) is 6.61 Å². The Balaban J connectivity index is 1.68. The lowest BCUT2D eigenvalue weighted by atomic mass is 9.89. The van der Waals surface area contributed by atoms with Gasteiger partial charge in [0.25, 0.3) is 5.91 Å². The van der Waals surface area contributed by atoms with Crippen molar-refractivity contribution in [2.24, 2.45) is 0 Å². The molecule has 1 aliphatic rings. The van der Waals surface area contributed by atoms with Crippen LogP contribution in [0.5, 0.6) is 5.75 Å². The van der Waals surface area contributed by atoms with Crippen molar-refractivity contribution in [2.75, 3.05) is 11.9 Å². The van der Waals surface area contributed by atoms with Gasteiger partial charge >= 0.3 is 0 Å². The maximum atomic E-state index is 12.2. The highest BCUT2D eigenvalue weighted by Gasteiger charge is 2.21. The van der Waals surface area contributed by atoms with Gasteiger partial charge in [-0.1, -0.05) is 30.3 Å². The standard InChI is InChI=1S/C20H23NO3/c1-13-6-3-7-14(2)20(13)21-19(23)12-24-18-11-5-8-15-16(18)9-4-10-17(15)22/h3,5-8,11,17,22H,4,9-10,12H2,1-2H3,(H,21,23). The zero-order chi connectivity index (χ0) is 17.1. The smallest absolute Gasteiger partial charge is 0.262 e. The number of hydrogen-bond acceptors (Lipinski definition) is 3. The number of amides is 1. The van der Waals surface area contributed by atoms with Gasteiger partial charge in [-0.25, -0.2) is 0 Å². The maximum Gasteiger partial charge on any atom is 0.262 e. The highest BCUT2D eigenvalue weighted by molar-refractivity contribution is 5.93. The molecule has 0 saturated carbocycles. The van der Waals surface area contributed by atoms with Crippen molar-refractivity contribution in [3.8, 4) is 5.75 Å². The molecule has 2 aromatic rings. The van der Waals surface area contributed by atoms with Gasteiger partial charge in [-0.15, -0.1) is 0 Å². The Bertz CT molecular complexity index is 734. The molecule has 1 amide bonds. The van der Waals surface area contributed by atoms with E-state index >= 15 is 0 Å². The quantitative estimate of drug-likeness (QED) is 0.901. The third-order valence-corrected chi connectivity index (χ3v) is 4.54. The van der Waals surface area contributed by atoms with Crippen LogP contribution in [0.25, 0.3) is 0 Å². The van der Waals surface area contributed by atoms with Crippen LogP contribution in [0.3, 0.4) is 0 Å². The molecular weight excluding hydrogens is 302 g/mol. The number of hydrogen-bond donors (Lipinski definition) is 2. The van der Waals surface area contributed by atoms with Crippen LogP contribution in [0.2, 0.25) is 0 Å². The monoisotopic (exact) mass is 325 g/mol. The summed E-state index contributed by atoms with van der Waals surface area (Å²) in [5.41, 5.74) is 4.86. The lowest BCUT2D eigenvalue weighted by molar-refractivity contribution is -0.118. The minimum absolute atomic E-state index is 0.0413. The molecule has 0 radical (unpaired) electrons. The predicted molar refractivity (Wildman–Crippen MR) is 94.4 cm³/mol. The van der Waals surface area contributed by atoms with Crippen molar-refractivity contribution in [1.82, 2.24) is 0 Å². The van der Waals surface area contributed by atoms with Crippen molar-refractivity contribution in [3.05, 3.63) is 58.7 Å². The second-order valence-electron chi connectivity index (χ2n) is 6.34. The summed E-state index contributed by atoms with van der Waals surface area (Å²) in [6.45, 7) is 3.90. The van der Waals surface area contributed by atoms with E-state index in [0.717, 1.165) is 47.2 Å². The molecule has 0 bridgehead atoms. The van der Waals surface area contributed by atoms with Crippen LogP contribution in [-0.4, -0.2) is 17.6 Å². The number of para-hydroxylation sites is 1. The average molecular weight is 325 g/mol. The van der Waals surface area contributed by atoms with Crippen LogP contribution in [-0.2, 0) is 11.2 Å². The number of anilines is 1. The summed E-state index contributed by atoms with van der Waals surface area (Å²) in [5, 5.41) is 13.0. The Morgan fingerprint density at radius 2 is 1.92 bits per heavy atom. The molecule has 0 heterocycles. The van der Waals surface area contributed by atoms with Crippen molar-refractivity contribution >= 4 is 11.6 Å². The summed E-state index contributed by atoms with van der Waals surface area (Å²) in [6, 6.07) is 11.6. The van der Waals surface area contributed by atoms with Crippen molar-refractivity contribution < 1.29 is 14.6 Å². The van der Waals surface area contributed by atoms with Gasteiger partial charge in [0.05, 0.1) is 6.10 Å². The van der Waals surface area contributed by atoms with Crippen LogP contribution in [0.1, 0.15) is 41.2 Å². The normalized spacial score (nSPS) is 16.4. The molecule has 2 N–H and O–H groups in total. The number of ether oxygens (including phenoxy) is 1. The van der Waals surface area contributed by atoms with E-state index in [4.69, 9.17) is 4.74 Å². The Morgan fingerprint density at radius 1 is 1.21 bits per heavy atom. The summed E-state index contributed by atoms with van der Waals surface area (Å²) in [5.74, 6) is 0.518. The molecule has 0 spiro atoms. The van der Waals surface area contributed by atoms with Crippen molar-refractivity contribution in [2.45, 2.75) is 39.2 Å². The number of carbonyl (C=O) groups is 1. The van der Waals surface area contributed by atoms with E-state index in [9.17, 15) is 9.90 Å². The zero-order valence-electron chi connectivity index (χ0n) is 14.1. The van der Waals surface area contributed by atoms with Gasteiger partial charge in [0.2, 0.25) is 0 Å². The number of nitrogens with one attached hydrogen (secondary N) is 1. The second-order valence-corrected chi connectivity index (χ2v) is 6.34. The van der Waals surface area contributed by atoms with Crippen LogP contribution < -0.4 is 10.1 Å². The van der Waals surface area contributed by atoms with E-state index < -0.39 is 6.10 Å². The minimum Gasteiger partial charge on any atom is -0.483 e. The molecular formula is C20H23NO3. The Kier molecular flexibility index (Phi) is 4.86. The summed E-state index contributed by atoms with van der Waals surface area (Å²) >= 11 is 0. The summed E-state index contributed by atoms with van der Waals surface area (Å²) in [4.78, 5) is 12.2. The van der Waals surface area contributed by atoms with E-state index in [0.29, 0.717) is 5.75 Å². The Hall–Kier alpha value is -2.33. The molecule has 3 rings (SSSR count). The molecule has 0 aromatic heterocycles. The zero-order valence-corrected chi connectivity index (χ0v) is 14.1. The van der Waals surface area contributed by atoms with Crippen LogP contribution in [0.15, 0.2) is 36.4 Å². The topological polar surface area (TPSA) is 58.6 Å². The van der Waals surface area contributed by atoms with Gasteiger partial charge in [-0.3, -0.25) is 4.79 Å². The minimum atomic E-state index is -0.430. The number of aliphatic hydroxyl groups is 1. The first-order valence-corrected chi connectivity index (χ1v) is 8.35. The fourth-order valence-electron chi connectivity index (χ4n) is 3.26. The number of rotatable bonds is 4. The maximum absolute atomic E-state index is 12.2. The third-order valence-electron chi connectivity index (χ3n) is 4.54.